The number of ether oxygens (including phenoxy) is 1. The molecule has 4 rings (SSSR count). The number of furan rings is 1. The van der Waals surface area contributed by atoms with Crippen LogP contribution < -0.4 is 5.32 Å². The van der Waals surface area contributed by atoms with Crippen LogP contribution in [0, 0.1) is 0 Å². The summed E-state index contributed by atoms with van der Waals surface area (Å²) in [6, 6.07) is 7.19. The molecule has 0 amide bonds. The molecule has 1 aliphatic heterocycles. The first-order valence-electron chi connectivity index (χ1n) is 8.98. The number of dihydropyridines is 1. The highest BCUT2D eigenvalue weighted by atomic mass is 16.5. The maximum Gasteiger partial charge on any atom is 0.337 e. The molecule has 0 spiro atoms. The molecule has 27 heavy (non-hydrogen) atoms. The van der Waals surface area contributed by atoms with E-state index in [-0.39, 0.29) is 12.4 Å². The van der Waals surface area contributed by atoms with E-state index in [1.54, 1.807) is 36.9 Å². The van der Waals surface area contributed by atoms with E-state index in [9.17, 15) is 9.59 Å². The van der Waals surface area contributed by atoms with E-state index in [1.165, 1.54) is 0 Å². The van der Waals surface area contributed by atoms with Crippen LogP contribution >= 0.6 is 0 Å². The molecule has 1 N–H and O–H groups in total. The fourth-order valence-electron chi connectivity index (χ4n) is 3.70. The molecule has 2 aromatic rings. The van der Waals surface area contributed by atoms with Crippen molar-refractivity contribution in [1.29, 1.82) is 0 Å². The highest BCUT2D eigenvalue weighted by Gasteiger charge is 2.40. The Balaban J connectivity index is 1.67. The Bertz CT molecular complexity index is 926. The molecule has 0 fully saturated rings. The minimum absolute atomic E-state index is 0.0511. The van der Waals surface area contributed by atoms with E-state index < -0.39 is 11.9 Å². The van der Waals surface area contributed by atoms with Gasteiger partial charge >= 0.3 is 5.97 Å². The fourth-order valence-corrected chi connectivity index (χ4v) is 3.70. The Morgan fingerprint density at radius 3 is 2.96 bits per heavy atom. The second-order valence-electron chi connectivity index (χ2n) is 6.72. The summed E-state index contributed by atoms with van der Waals surface area (Å²) in [5.41, 5.74) is 3.42. The summed E-state index contributed by atoms with van der Waals surface area (Å²) < 4.78 is 11.1. The SMILES string of the molecule is CC1=C(C(=O)OCc2cccnc2)C(c2ccco2)C2=C(CCCC2=O)N1. The van der Waals surface area contributed by atoms with Crippen LogP contribution in [0.2, 0.25) is 0 Å². The van der Waals surface area contributed by atoms with Crippen LogP contribution in [-0.4, -0.2) is 16.7 Å². The van der Waals surface area contributed by atoms with Gasteiger partial charge in [0.2, 0.25) is 0 Å². The average Bonchev–Trinajstić information content (AvgIpc) is 3.20. The third-order valence-electron chi connectivity index (χ3n) is 4.92. The summed E-state index contributed by atoms with van der Waals surface area (Å²) in [5.74, 6) is -0.372. The molecule has 0 radical (unpaired) electrons. The van der Waals surface area contributed by atoms with Crippen LogP contribution in [0.4, 0.5) is 0 Å². The highest BCUT2D eigenvalue weighted by Crippen LogP contribution is 2.42. The number of Topliss-reactive ketones (excluding diaryl/α,β-unsaturated/α-hetero) is 1. The normalized spacial score (nSPS) is 19.6. The van der Waals surface area contributed by atoms with Crippen molar-refractivity contribution in [1.82, 2.24) is 10.3 Å². The number of allylic oxidation sites excluding steroid dienone is 3. The summed E-state index contributed by atoms with van der Waals surface area (Å²) in [5, 5.41) is 3.25. The van der Waals surface area contributed by atoms with Gasteiger partial charge < -0.3 is 14.5 Å². The number of hydrogen-bond acceptors (Lipinski definition) is 6. The van der Waals surface area contributed by atoms with Crippen LogP contribution in [0.5, 0.6) is 0 Å². The molecule has 0 saturated heterocycles. The van der Waals surface area contributed by atoms with E-state index in [1.807, 2.05) is 13.0 Å². The van der Waals surface area contributed by atoms with Crippen molar-refractivity contribution in [3.05, 3.63) is 76.8 Å². The second-order valence-corrected chi connectivity index (χ2v) is 6.72. The maximum absolute atomic E-state index is 13.0. The van der Waals surface area contributed by atoms with Gasteiger partial charge in [-0.25, -0.2) is 4.79 Å². The Labute approximate surface area is 156 Å². The lowest BCUT2D eigenvalue weighted by Gasteiger charge is -2.32. The molecule has 6 heteroatoms. The van der Waals surface area contributed by atoms with Gasteiger partial charge in [-0.2, -0.15) is 0 Å². The Morgan fingerprint density at radius 1 is 1.33 bits per heavy atom. The number of carbonyl (C=O) groups is 2. The number of esters is 1. The number of aromatic nitrogens is 1. The van der Waals surface area contributed by atoms with Crippen molar-refractivity contribution in [2.24, 2.45) is 0 Å². The van der Waals surface area contributed by atoms with Gasteiger partial charge in [-0.3, -0.25) is 9.78 Å². The van der Waals surface area contributed by atoms with Crippen LogP contribution in [0.1, 0.15) is 43.4 Å². The number of hydrogen-bond donors (Lipinski definition) is 1. The fraction of sp³-hybridized carbons (Fsp3) is 0.286. The second kappa shape index (κ2) is 7.23. The van der Waals surface area contributed by atoms with Gasteiger partial charge in [0.05, 0.1) is 17.8 Å². The number of nitrogens with zero attached hydrogens (tertiary/aromatic N) is 1. The quantitative estimate of drug-likeness (QED) is 0.838. The van der Waals surface area contributed by atoms with Gasteiger partial charge in [-0.1, -0.05) is 6.07 Å². The van der Waals surface area contributed by atoms with E-state index in [2.05, 4.69) is 10.3 Å². The van der Waals surface area contributed by atoms with E-state index in [4.69, 9.17) is 9.15 Å². The first-order chi connectivity index (χ1) is 13.1. The third-order valence-corrected chi connectivity index (χ3v) is 4.92. The minimum atomic E-state index is -0.537. The number of nitrogens with one attached hydrogen (secondary N) is 1. The van der Waals surface area contributed by atoms with E-state index in [0.29, 0.717) is 29.0 Å². The van der Waals surface area contributed by atoms with Crippen molar-refractivity contribution in [2.75, 3.05) is 0 Å². The van der Waals surface area contributed by atoms with E-state index in [0.717, 1.165) is 24.1 Å². The van der Waals surface area contributed by atoms with Crippen molar-refractivity contribution < 1.29 is 18.7 Å². The van der Waals surface area contributed by atoms with Crippen molar-refractivity contribution in [3.8, 4) is 0 Å². The molecule has 2 aliphatic rings. The summed E-state index contributed by atoms with van der Waals surface area (Å²) in [6.07, 6.45) is 6.95. The summed E-state index contributed by atoms with van der Waals surface area (Å²) in [7, 11) is 0. The topological polar surface area (TPSA) is 81.4 Å². The zero-order valence-corrected chi connectivity index (χ0v) is 15.0. The van der Waals surface area contributed by atoms with Crippen molar-refractivity contribution >= 4 is 11.8 Å². The number of rotatable bonds is 4. The van der Waals surface area contributed by atoms with Gasteiger partial charge in [0.25, 0.3) is 0 Å². The molecule has 2 aromatic heterocycles. The largest absolute Gasteiger partial charge is 0.468 e. The van der Waals surface area contributed by atoms with Gasteiger partial charge in [0, 0.05) is 41.3 Å². The molecule has 3 heterocycles. The maximum atomic E-state index is 13.0. The first-order valence-corrected chi connectivity index (χ1v) is 8.98. The molecule has 0 bridgehead atoms. The summed E-state index contributed by atoms with van der Waals surface area (Å²) in [6.45, 7) is 1.95. The van der Waals surface area contributed by atoms with Crippen LogP contribution in [-0.2, 0) is 20.9 Å². The molecular weight excluding hydrogens is 344 g/mol. The van der Waals surface area contributed by atoms with Gasteiger partial charge in [0.1, 0.15) is 12.4 Å². The zero-order valence-electron chi connectivity index (χ0n) is 15.0. The molecule has 138 valence electrons. The first kappa shape index (κ1) is 17.3. The Hall–Kier alpha value is -3.15. The smallest absolute Gasteiger partial charge is 0.337 e. The lowest BCUT2D eigenvalue weighted by atomic mass is 9.77. The molecule has 6 nitrogen and oxygen atoms in total. The average molecular weight is 364 g/mol. The number of pyridine rings is 1. The van der Waals surface area contributed by atoms with Gasteiger partial charge in [-0.15, -0.1) is 0 Å². The predicted molar refractivity (Wildman–Crippen MR) is 97.2 cm³/mol. The Morgan fingerprint density at radius 2 is 2.22 bits per heavy atom. The van der Waals surface area contributed by atoms with Gasteiger partial charge in [0.15, 0.2) is 5.78 Å². The van der Waals surface area contributed by atoms with Crippen molar-refractivity contribution in [2.45, 2.75) is 38.7 Å². The number of carbonyl (C=O) groups excluding carboxylic acids is 2. The molecular formula is C21H20N2O4. The third kappa shape index (κ3) is 3.30. The Kier molecular flexibility index (Phi) is 4.62. The highest BCUT2D eigenvalue weighted by molar-refractivity contribution is 6.03. The minimum Gasteiger partial charge on any atom is -0.468 e. The van der Waals surface area contributed by atoms with Crippen molar-refractivity contribution in [3.63, 3.8) is 0 Å². The summed E-state index contributed by atoms with van der Waals surface area (Å²) in [4.78, 5) is 29.6. The van der Waals surface area contributed by atoms with Crippen LogP contribution in [0.3, 0.4) is 0 Å². The van der Waals surface area contributed by atoms with Crippen LogP contribution in [0.25, 0.3) is 0 Å². The van der Waals surface area contributed by atoms with E-state index >= 15 is 0 Å². The van der Waals surface area contributed by atoms with Gasteiger partial charge in [-0.05, 0) is 38.0 Å². The lowest BCUT2D eigenvalue weighted by molar-refractivity contribution is -0.140. The molecule has 1 unspecified atom stereocenters. The lowest BCUT2D eigenvalue weighted by Crippen LogP contribution is -2.34. The summed E-state index contributed by atoms with van der Waals surface area (Å²) >= 11 is 0. The standard InChI is InChI=1S/C21H20N2O4/c1-13-18(21(25)27-12-14-5-3-9-22-11-14)20(17-8-4-10-26-17)19-15(23-13)6-2-7-16(19)24/h3-5,8-11,20,23H,2,6-7,12H2,1H3. The molecule has 0 saturated carbocycles. The van der Waals surface area contributed by atoms with Crippen LogP contribution in [0.15, 0.2) is 69.9 Å². The number of ketones is 1. The predicted octanol–water partition coefficient (Wildman–Crippen LogP) is 3.39. The monoisotopic (exact) mass is 364 g/mol. The molecule has 1 aliphatic carbocycles. The zero-order chi connectivity index (χ0) is 18.8. The molecule has 1 atom stereocenters. The molecule has 0 aromatic carbocycles.